The van der Waals surface area contributed by atoms with Gasteiger partial charge in [0.25, 0.3) is 11.8 Å². The molecular weight excluding hydrogens is 397 g/mol. The van der Waals surface area contributed by atoms with Gasteiger partial charge in [0, 0.05) is 46.8 Å². The van der Waals surface area contributed by atoms with Gasteiger partial charge < -0.3 is 20.0 Å². The molecule has 1 fully saturated rings. The summed E-state index contributed by atoms with van der Waals surface area (Å²) < 4.78 is 14.7. The molecule has 1 aromatic carbocycles. The highest BCUT2D eigenvalue weighted by Gasteiger charge is 2.19. The van der Waals surface area contributed by atoms with Crippen LogP contribution < -0.4 is 10.2 Å². The number of anilines is 1. The fourth-order valence-corrected chi connectivity index (χ4v) is 3.65. The number of hydrogen-bond donors (Lipinski definition) is 1. The number of nitrogens with zero attached hydrogens (tertiary/aromatic N) is 4. The lowest BCUT2D eigenvalue weighted by Gasteiger charge is -2.35. The summed E-state index contributed by atoms with van der Waals surface area (Å²) in [4.78, 5) is 34.7. The van der Waals surface area contributed by atoms with Gasteiger partial charge in [0.1, 0.15) is 11.5 Å². The maximum atomic E-state index is 14.7. The number of benzene rings is 1. The Morgan fingerprint density at radius 3 is 2.42 bits per heavy atom. The lowest BCUT2D eigenvalue weighted by atomic mass is 10.1. The minimum absolute atomic E-state index is 0.206. The Labute approximate surface area is 182 Å². The predicted octanol–water partition coefficient (Wildman–Crippen LogP) is 2.30. The van der Waals surface area contributed by atoms with Crippen molar-refractivity contribution in [3.63, 3.8) is 0 Å². The molecule has 0 unspecified atom stereocenters. The molecule has 166 valence electrons. The lowest BCUT2D eigenvalue weighted by Crippen LogP contribution is -2.46. The smallest absolute Gasteiger partial charge is 0.271 e. The van der Waals surface area contributed by atoms with Crippen molar-refractivity contribution in [3.8, 4) is 0 Å². The molecule has 0 radical (unpaired) electrons. The largest absolute Gasteiger partial charge is 0.367 e. The Morgan fingerprint density at radius 1 is 1.13 bits per heavy atom. The van der Waals surface area contributed by atoms with Crippen LogP contribution in [-0.4, -0.2) is 73.4 Å². The molecule has 0 atom stereocenters. The Bertz CT molecular complexity index is 955. The van der Waals surface area contributed by atoms with Gasteiger partial charge in [-0.05, 0) is 43.3 Å². The van der Waals surface area contributed by atoms with Gasteiger partial charge in [0.15, 0.2) is 0 Å². The normalized spacial score (nSPS) is 14.4. The zero-order chi connectivity index (χ0) is 22.5. The Morgan fingerprint density at radius 2 is 1.84 bits per heavy atom. The van der Waals surface area contributed by atoms with Crippen molar-refractivity contribution in [1.29, 1.82) is 0 Å². The summed E-state index contributed by atoms with van der Waals surface area (Å²) in [5, 5.41) is 2.81. The average molecular weight is 428 g/mol. The van der Waals surface area contributed by atoms with E-state index in [0.29, 0.717) is 22.5 Å². The zero-order valence-electron chi connectivity index (χ0n) is 18.6. The molecule has 1 aromatic heterocycles. The molecule has 7 nitrogen and oxygen atoms in total. The van der Waals surface area contributed by atoms with Gasteiger partial charge in [-0.25, -0.2) is 9.37 Å². The number of hydrogen-bond acceptors (Lipinski definition) is 5. The van der Waals surface area contributed by atoms with Crippen LogP contribution in [0.4, 0.5) is 10.1 Å². The van der Waals surface area contributed by atoms with E-state index in [1.54, 1.807) is 33.2 Å². The van der Waals surface area contributed by atoms with Crippen molar-refractivity contribution in [1.82, 2.24) is 20.1 Å². The Balaban J connectivity index is 1.62. The maximum absolute atomic E-state index is 14.7. The number of piperazine rings is 1. The van der Waals surface area contributed by atoms with Gasteiger partial charge in [-0.1, -0.05) is 13.0 Å². The monoisotopic (exact) mass is 427 g/mol. The van der Waals surface area contributed by atoms with E-state index < -0.39 is 0 Å². The highest BCUT2D eigenvalue weighted by molar-refractivity contribution is 5.97. The molecule has 2 aromatic rings. The van der Waals surface area contributed by atoms with Crippen molar-refractivity contribution >= 4 is 17.5 Å². The molecule has 2 heterocycles. The van der Waals surface area contributed by atoms with Crippen LogP contribution in [0.1, 0.15) is 39.0 Å². The number of aryl methyl sites for hydroxylation is 1. The molecule has 1 aliphatic heterocycles. The van der Waals surface area contributed by atoms with Crippen molar-refractivity contribution in [3.05, 3.63) is 58.7 Å². The number of halogens is 1. The number of carbonyl (C=O) groups excluding carboxylic acids is 2. The third-order valence-corrected chi connectivity index (χ3v) is 5.58. The summed E-state index contributed by atoms with van der Waals surface area (Å²) in [6, 6.07) is 8.23. The van der Waals surface area contributed by atoms with E-state index in [1.807, 2.05) is 6.07 Å². The van der Waals surface area contributed by atoms with Crippen LogP contribution >= 0.6 is 0 Å². The predicted molar refractivity (Wildman–Crippen MR) is 119 cm³/mol. The first-order valence-electron chi connectivity index (χ1n) is 10.5. The van der Waals surface area contributed by atoms with Crippen LogP contribution in [0.3, 0.4) is 0 Å². The van der Waals surface area contributed by atoms with E-state index in [4.69, 9.17) is 0 Å². The zero-order valence-corrected chi connectivity index (χ0v) is 18.6. The summed E-state index contributed by atoms with van der Waals surface area (Å²) in [6.45, 7) is 8.51. The number of likely N-dealkylation sites (N-methyl/N-ethyl adjacent to an activating group) is 1. The van der Waals surface area contributed by atoms with E-state index in [-0.39, 0.29) is 29.9 Å². The fourth-order valence-electron chi connectivity index (χ4n) is 3.65. The van der Waals surface area contributed by atoms with Gasteiger partial charge in [-0.2, -0.15) is 0 Å². The van der Waals surface area contributed by atoms with E-state index in [9.17, 15) is 14.0 Å². The highest BCUT2D eigenvalue weighted by Crippen LogP contribution is 2.22. The second-order valence-corrected chi connectivity index (χ2v) is 7.92. The van der Waals surface area contributed by atoms with Crippen molar-refractivity contribution in [2.24, 2.45) is 0 Å². The van der Waals surface area contributed by atoms with E-state index in [0.717, 1.165) is 32.7 Å². The summed E-state index contributed by atoms with van der Waals surface area (Å²) in [5.41, 5.74) is 2.44. The van der Waals surface area contributed by atoms with Crippen LogP contribution in [0.25, 0.3) is 0 Å². The van der Waals surface area contributed by atoms with Crippen molar-refractivity contribution in [2.45, 2.75) is 20.4 Å². The van der Waals surface area contributed by atoms with Crippen molar-refractivity contribution < 1.29 is 14.0 Å². The average Bonchev–Trinajstić information content (AvgIpc) is 2.77. The molecule has 0 spiro atoms. The molecular formula is C23H30FN5O2. The molecule has 0 saturated carbocycles. The second kappa shape index (κ2) is 9.87. The fraction of sp³-hybridized carbons (Fsp3) is 0.435. The van der Waals surface area contributed by atoms with Crippen LogP contribution in [0.2, 0.25) is 0 Å². The summed E-state index contributed by atoms with van der Waals surface area (Å²) in [7, 11) is 3.30. The molecule has 2 amide bonds. The van der Waals surface area contributed by atoms with Crippen LogP contribution in [0, 0.1) is 12.7 Å². The Hall–Kier alpha value is -3.00. The summed E-state index contributed by atoms with van der Waals surface area (Å²) in [6.07, 6.45) is 0. The molecule has 8 heteroatoms. The van der Waals surface area contributed by atoms with Gasteiger partial charge >= 0.3 is 0 Å². The molecule has 3 rings (SSSR count). The quantitative estimate of drug-likeness (QED) is 0.766. The standard InChI is InChI=1S/C23H30FN5O2/c1-5-28-10-12-29(13-11-28)21-9-6-17(14-19(21)24)15-25-22(30)18-7-8-20(26-16(18)2)23(31)27(3)4/h6-9,14H,5,10-13,15H2,1-4H3,(H,25,30). The van der Waals surface area contributed by atoms with E-state index in [1.165, 1.54) is 17.0 Å². The highest BCUT2D eigenvalue weighted by atomic mass is 19.1. The van der Waals surface area contributed by atoms with Crippen LogP contribution in [0.15, 0.2) is 30.3 Å². The number of rotatable bonds is 6. The van der Waals surface area contributed by atoms with Gasteiger partial charge in [-0.3, -0.25) is 9.59 Å². The van der Waals surface area contributed by atoms with Crippen molar-refractivity contribution in [2.75, 3.05) is 51.7 Å². The Kier molecular flexibility index (Phi) is 7.22. The summed E-state index contributed by atoms with van der Waals surface area (Å²) in [5.74, 6) is -0.808. The first-order chi connectivity index (χ1) is 14.8. The maximum Gasteiger partial charge on any atom is 0.271 e. The number of aromatic nitrogens is 1. The number of nitrogens with one attached hydrogen (secondary N) is 1. The molecule has 1 aliphatic rings. The molecule has 31 heavy (non-hydrogen) atoms. The molecule has 0 aliphatic carbocycles. The van der Waals surface area contributed by atoms with Crippen LogP contribution in [-0.2, 0) is 6.54 Å². The topological polar surface area (TPSA) is 68.8 Å². The minimum atomic E-state index is -0.311. The third-order valence-electron chi connectivity index (χ3n) is 5.58. The van der Waals surface area contributed by atoms with Crippen LogP contribution in [0.5, 0.6) is 0 Å². The minimum Gasteiger partial charge on any atom is -0.367 e. The molecule has 0 bridgehead atoms. The summed E-state index contributed by atoms with van der Waals surface area (Å²) >= 11 is 0. The number of carbonyl (C=O) groups is 2. The second-order valence-electron chi connectivity index (χ2n) is 7.92. The van der Waals surface area contributed by atoms with Gasteiger partial charge in [-0.15, -0.1) is 0 Å². The first kappa shape index (κ1) is 22.7. The van der Waals surface area contributed by atoms with E-state index >= 15 is 0 Å². The number of amides is 2. The first-order valence-corrected chi connectivity index (χ1v) is 10.5. The molecule has 1 saturated heterocycles. The van der Waals surface area contributed by atoms with Gasteiger partial charge in [0.05, 0.1) is 16.9 Å². The SMILES string of the molecule is CCN1CCN(c2ccc(CNC(=O)c3ccc(C(=O)N(C)C)nc3C)cc2F)CC1. The lowest BCUT2D eigenvalue weighted by molar-refractivity contribution is 0.0820. The number of pyridine rings is 1. The van der Waals surface area contributed by atoms with E-state index in [2.05, 4.69) is 27.0 Å². The molecule has 1 N–H and O–H groups in total. The third kappa shape index (κ3) is 5.38. The van der Waals surface area contributed by atoms with Gasteiger partial charge in [0.2, 0.25) is 0 Å².